The van der Waals surface area contributed by atoms with Gasteiger partial charge in [-0.05, 0) is 11.0 Å². The maximum Gasteiger partial charge on any atom is 0.372 e. The van der Waals surface area contributed by atoms with Crippen LogP contribution in [0.1, 0.15) is 0 Å². The molecule has 0 spiro atoms. The van der Waals surface area contributed by atoms with Crippen molar-refractivity contribution in [3.05, 3.63) is 40.2 Å². The maximum absolute atomic E-state index is 11.1. The molecule has 0 aromatic carbocycles. The lowest BCUT2D eigenvalue weighted by Crippen LogP contribution is -2.12. The van der Waals surface area contributed by atoms with E-state index in [1.807, 2.05) is 12.3 Å². The van der Waals surface area contributed by atoms with E-state index in [1.54, 1.807) is 22.5 Å². The Morgan fingerprint density at radius 3 is 3.11 bits per heavy atom. The van der Waals surface area contributed by atoms with Crippen LogP contribution in [0.15, 0.2) is 30.0 Å². The molecule has 0 aliphatic carbocycles. The Kier molecular flexibility index (Phi) is 2.88. The molecule has 0 aliphatic rings. The molecule has 0 fully saturated rings. The lowest BCUT2D eigenvalue weighted by atomic mass is 10.5. The molecule has 98 valence electrons. The first-order valence-electron chi connectivity index (χ1n) is 5.57. The number of anilines is 1. The number of aromatic nitrogens is 4. The van der Waals surface area contributed by atoms with E-state index in [-0.39, 0.29) is 5.82 Å². The van der Waals surface area contributed by atoms with E-state index >= 15 is 0 Å². The molecule has 8 nitrogen and oxygen atoms in total. The van der Waals surface area contributed by atoms with Crippen molar-refractivity contribution in [3.8, 4) is 0 Å². The zero-order valence-electron chi connectivity index (χ0n) is 9.76. The van der Waals surface area contributed by atoms with Gasteiger partial charge in [0.25, 0.3) is 4.96 Å². The summed E-state index contributed by atoms with van der Waals surface area (Å²) in [4.78, 5) is 15.5. The zero-order valence-corrected chi connectivity index (χ0v) is 10.6. The van der Waals surface area contributed by atoms with Crippen LogP contribution in [-0.2, 0) is 6.54 Å². The van der Waals surface area contributed by atoms with Crippen LogP contribution >= 0.6 is 11.3 Å². The summed E-state index contributed by atoms with van der Waals surface area (Å²) >= 11 is 1.36. The van der Waals surface area contributed by atoms with Gasteiger partial charge in [-0.1, -0.05) is 11.3 Å². The quantitative estimate of drug-likeness (QED) is 0.565. The van der Waals surface area contributed by atoms with Gasteiger partial charge in [0.2, 0.25) is 5.82 Å². The molecule has 3 aromatic rings. The largest absolute Gasteiger partial charge is 0.372 e. The number of rotatable bonds is 5. The Hall–Kier alpha value is -2.42. The molecular formula is C10H10N6O2S. The van der Waals surface area contributed by atoms with Crippen molar-refractivity contribution in [3.63, 3.8) is 0 Å². The minimum Gasteiger partial charge on any atom is -0.361 e. The predicted molar refractivity (Wildman–Crippen MR) is 70.4 cm³/mol. The fourth-order valence-corrected chi connectivity index (χ4v) is 2.50. The molecule has 0 saturated heterocycles. The van der Waals surface area contributed by atoms with Crippen molar-refractivity contribution in [1.82, 2.24) is 19.2 Å². The summed E-state index contributed by atoms with van der Waals surface area (Å²) in [5.41, 5.74) is 0. The zero-order chi connectivity index (χ0) is 13.2. The Bertz CT molecular complexity index is 701. The van der Waals surface area contributed by atoms with Crippen molar-refractivity contribution in [2.24, 2.45) is 0 Å². The summed E-state index contributed by atoms with van der Waals surface area (Å²) in [5, 5.41) is 19.9. The molecule has 0 aliphatic heterocycles. The van der Waals surface area contributed by atoms with Crippen molar-refractivity contribution < 1.29 is 4.92 Å². The lowest BCUT2D eigenvalue weighted by molar-refractivity contribution is -0.389. The van der Waals surface area contributed by atoms with E-state index in [0.717, 1.165) is 0 Å². The van der Waals surface area contributed by atoms with Gasteiger partial charge in [-0.25, -0.2) is 0 Å². The van der Waals surface area contributed by atoms with Crippen molar-refractivity contribution in [1.29, 1.82) is 0 Å². The topological polar surface area (TPSA) is 90.3 Å². The van der Waals surface area contributed by atoms with Gasteiger partial charge in [0.15, 0.2) is 0 Å². The van der Waals surface area contributed by atoms with Gasteiger partial charge >= 0.3 is 5.82 Å². The van der Waals surface area contributed by atoms with Gasteiger partial charge in [-0.15, -0.1) is 0 Å². The second-order valence-corrected chi connectivity index (χ2v) is 4.67. The maximum atomic E-state index is 11.1. The minimum absolute atomic E-state index is 0.0308. The highest BCUT2D eigenvalue weighted by molar-refractivity contribution is 7.15. The van der Waals surface area contributed by atoms with E-state index in [2.05, 4.69) is 15.4 Å². The summed E-state index contributed by atoms with van der Waals surface area (Å²) in [6.07, 6.45) is 5.17. The minimum atomic E-state index is -0.428. The third-order valence-electron chi connectivity index (χ3n) is 2.60. The number of imidazole rings is 1. The highest BCUT2D eigenvalue weighted by atomic mass is 32.1. The average molecular weight is 278 g/mol. The third-order valence-corrected chi connectivity index (χ3v) is 3.36. The summed E-state index contributed by atoms with van der Waals surface area (Å²) in [7, 11) is 0. The second kappa shape index (κ2) is 4.69. The molecule has 0 unspecified atom stereocenters. The molecule has 19 heavy (non-hydrogen) atoms. The van der Waals surface area contributed by atoms with E-state index in [1.165, 1.54) is 15.7 Å². The molecule has 9 heteroatoms. The van der Waals surface area contributed by atoms with Crippen LogP contribution in [0.25, 0.3) is 4.96 Å². The SMILES string of the molecule is O=[N+]([O-])c1c(NCCn2cccn2)nc2sccn12. The number of hydrogen-bond acceptors (Lipinski definition) is 6. The Labute approximate surface area is 111 Å². The summed E-state index contributed by atoms with van der Waals surface area (Å²) in [6.45, 7) is 1.14. The van der Waals surface area contributed by atoms with Crippen LogP contribution in [0.4, 0.5) is 11.6 Å². The average Bonchev–Trinajstić information content (AvgIpc) is 3.02. The van der Waals surface area contributed by atoms with Crippen LogP contribution in [0.3, 0.4) is 0 Å². The van der Waals surface area contributed by atoms with Crippen LogP contribution in [0.5, 0.6) is 0 Å². The first-order chi connectivity index (χ1) is 9.25. The lowest BCUT2D eigenvalue weighted by Gasteiger charge is -2.03. The molecular weight excluding hydrogens is 268 g/mol. The molecule has 0 atom stereocenters. The van der Waals surface area contributed by atoms with Gasteiger partial charge in [-0.2, -0.15) is 14.5 Å². The fraction of sp³-hybridized carbons (Fsp3) is 0.200. The highest BCUT2D eigenvalue weighted by Gasteiger charge is 2.22. The number of nitro groups is 1. The van der Waals surface area contributed by atoms with Crippen LogP contribution in [0.2, 0.25) is 0 Å². The molecule has 3 rings (SSSR count). The van der Waals surface area contributed by atoms with Crippen molar-refractivity contribution in [2.45, 2.75) is 6.54 Å². The standard InChI is InChI=1S/C10H10N6O2S/c17-16(18)9-8(13-10-15(9)6-7-19-10)11-3-5-14-4-1-2-12-14/h1-2,4,6-7,11H,3,5H2. The molecule has 3 heterocycles. The molecule has 3 aromatic heterocycles. The van der Waals surface area contributed by atoms with E-state index < -0.39 is 4.92 Å². The van der Waals surface area contributed by atoms with E-state index in [4.69, 9.17) is 0 Å². The Morgan fingerprint density at radius 2 is 2.37 bits per heavy atom. The summed E-state index contributed by atoms with van der Waals surface area (Å²) in [6, 6.07) is 1.83. The highest BCUT2D eigenvalue weighted by Crippen LogP contribution is 2.27. The number of thiazole rings is 1. The van der Waals surface area contributed by atoms with Crippen LogP contribution in [-0.4, -0.2) is 30.6 Å². The normalized spacial score (nSPS) is 10.9. The summed E-state index contributed by atoms with van der Waals surface area (Å²) < 4.78 is 3.22. The van der Waals surface area contributed by atoms with E-state index in [9.17, 15) is 10.1 Å². The second-order valence-electron chi connectivity index (χ2n) is 3.79. The Morgan fingerprint density at radius 1 is 1.47 bits per heavy atom. The van der Waals surface area contributed by atoms with Gasteiger partial charge in [0, 0.05) is 24.3 Å². The number of hydrogen-bond donors (Lipinski definition) is 1. The first-order valence-corrected chi connectivity index (χ1v) is 6.45. The predicted octanol–water partition coefficient (Wildman–Crippen LogP) is 1.61. The molecule has 0 radical (unpaired) electrons. The monoisotopic (exact) mass is 278 g/mol. The molecule has 0 bridgehead atoms. The van der Waals surface area contributed by atoms with E-state index in [0.29, 0.717) is 23.9 Å². The van der Waals surface area contributed by atoms with Gasteiger partial charge in [0.05, 0.1) is 6.54 Å². The van der Waals surface area contributed by atoms with Crippen molar-refractivity contribution >= 4 is 27.9 Å². The fourth-order valence-electron chi connectivity index (χ4n) is 1.79. The van der Waals surface area contributed by atoms with Crippen LogP contribution in [0, 0.1) is 10.1 Å². The smallest absolute Gasteiger partial charge is 0.361 e. The Balaban J connectivity index is 1.78. The number of fused-ring (bicyclic) bond motifs is 1. The molecule has 0 saturated carbocycles. The van der Waals surface area contributed by atoms with Crippen LogP contribution < -0.4 is 5.32 Å². The summed E-state index contributed by atoms with van der Waals surface area (Å²) in [5.74, 6) is 0.265. The third kappa shape index (κ3) is 2.15. The molecule has 1 N–H and O–H groups in total. The van der Waals surface area contributed by atoms with Crippen molar-refractivity contribution in [2.75, 3.05) is 11.9 Å². The number of nitrogens with one attached hydrogen (secondary N) is 1. The molecule has 0 amide bonds. The number of nitrogens with zero attached hydrogens (tertiary/aromatic N) is 5. The van der Waals surface area contributed by atoms with Gasteiger partial charge in [-0.3, -0.25) is 4.68 Å². The van der Waals surface area contributed by atoms with Gasteiger partial charge < -0.3 is 15.4 Å². The first kappa shape index (κ1) is 11.7. The van der Waals surface area contributed by atoms with Gasteiger partial charge in [0.1, 0.15) is 6.20 Å².